The number of hydrogen-bond donors (Lipinski definition) is 1. The van der Waals surface area contributed by atoms with Gasteiger partial charge in [0.15, 0.2) is 0 Å². The molecule has 0 aliphatic carbocycles. The predicted molar refractivity (Wildman–Crippen MR) is 98.3 cm³/mol. The van der Waals surface area contributed by atoms with E-state index >= 15 is 0 Å². The maximum Gasteiger partial charge on any atom is 0.224 e. The number of amides is 1. The zero-order valence-corrected chi connectivity index (χ0v) is 14.5. The van der Waals surface area contributed by atoms with Crippen LogP contribution in [0.1, 0.15) is 17.7 Å². The van der Waals surface area contributed by atoms with Gasteiger partial charge in [-0.05, 0) is 48.4 Å². The molecule has 6 heteroatoms. The molecule has 0 spiro atoms. The largest absolute Gasteiger partial charge is 0.487 e. The summed E-state index contributed by atoms with van der Waals surface area (Å²) in [7, 11) is 0. The van der Waals surface area contributed by atoms with Crippen LogP contribution in [-0.2, 0) is 17.8 Å². The van der Waals surface area contributed by atoms with Crippen LogP contribution in [0.15, 0.2) is 66.9 Å². The Morgan fingerprint density at radius 3 is 2.41 bits per heavy atom. The molecule has 3 rings (SSSR count). The van der Waals surface area contributed by atoms with E-state index in [1.165, 1.54) is 0 Å². The van der Waals surface area contributed by atoms with Crippen LogP contribution >= 0.6 is 0 Å². The van der Waals surface area contributed by atoms with Crippen LogP contribution in [-0.4, -0.2) is 10.9 Å². The standard InChI is InChI=1S/C21H18F2N2O2/c22-16-11-17(23)13-19(12-16)25-21(26)9-6-15-4-7-20(8-5-15)27-14-18-3-1-2-10-24-18/h1-5,7-8,10-13H,6,9,14H2,(H,25,26). The van der Waals surface area contributed by atoms with Crippen LogP contribution in [0.4, 0.5) is 14.5 Å². The highest BCUT2D eigenvalue weighted by molar-refractivity contribution is 5.90. The lowest BCUT2D eigenvalue weighted by atomic mass is 10.1. The van der Waals surface area contributed by atoms with Gasteiger partial charge in [-0.1, -0.05) is 18.2 Å². The molecule has 4 nitrogen and oxygen atoms in total. The molecule has 0 fully saturated rings. The van der Waals surface area contributed by atoms with Crippen LogP contribution in [0.5, 0.6) is 5.75 Å². The number of pyridine rings is 1. The number of carbonyl (C=O) groups is 1. The van der Waals surface area contributed by atoms with Gasteiger partial charge in [0.2, 0.25) is 5.91 Å². The van der Waals surface area contributed by atoms with Crippen LogP contribution in [0.25, 0.3) is 0 Å². The van der Waals surface area contributed by atoms with E-state index in [1.807, 2.05) is 42.5 Å². The van der Waals surface area contributed by atoms with Crippen LogP contribution in [0.3, 0.4) is 0 Å². The van der Waals surface area contributed by atoms with Gasteiger partial charge in [-0.25, -0.2) is 8.78 Å². The molecule has 0 aliphatic rings. The Hall–Kier alpha value is -3.28. The fourth-order valence-corrected chi connectivity index (χ4v) is 2.50. The first-order valence-corrected chi connectivity index (χ1v) is 8.46. The van der Waals surface area contributed by atoms with E-state index in [4.69, 9.17) is 4.74 Å². The lowest BCUT2D eigenvalue weighted by Gasteiger charge is -2.08. The Kier molecular flexibility index (Phi) is 6.10. The maximum absolute atomic E-state index is 13.1. The third-order valence-corrected chi connectivity index (χ3v) is 3.82. The summed E-state index contributed by atoms with van der Waals surface area (Å²) in [6, 6.07) is 16.0. The Bertz CT molecular complexity index is 880. The average Bonchev–Trinajstić information content (AvgIpc) is 2.65. The molecule has 0 atom stereocenters. The Balaban J connectivity index is 1.47. The fraction of sp³-hybridized carbons (Fsp3) is 0.143. The summed E-state index contributed by atoms with van der Waals surface area (Å²) in [6.07, 6.45) is 2.42. The summed E-state index contributed by atoms with van der Waals surface area (Å²) in [5.41, 5.74) is 1.91. The number of aryl methyl sites for hydroxylation is 1. The lowest BCUT2D eigenvalue weighted by molar-refractivity contribution is -0.116. The van der Waals surface area contributed by atoms with Crippen molar-refractivity contribution in [1.82, 2.24) is 4.98 Å². The zero-order chi connectivity index (χ0) is 19.1. The minimum absolute atomic E-state index is 0.107. The number of nitrogens with one attached hydrogen (secondary N) is 1. The number of nitrogens with zero attached hydrogens (tertiary/aromatic N) is 1. The molecular weight excluding hydrogens is 350 g/mol. The Labute approximate surface area is 155 Å². The first kappa shape index (κ1) is 18.5. The molecule has 27 heavy (non-hydrogen) atoms. The number of carbonyl (C=O) groups excluding carboxylic acids is 1. The minimum atomic E-state index is -0.730. The SMILES string of the molecule is O=C(CCc1ccc(OCc2ccccn2)cc1)Nc1cc(F)cc(F)c1. The van der Waals surface area contributed by atoms with Crippen molar-refractivity contribution in [2.24, 2.45) is 0 Å². The van der Waals surface area contributed by atoms with Crippen molar-refractivity contribution >= 4 is 11.6 Å². The number of rotatable bonds is 7. The molecule has 2 aromatic carbocycles. The highest BCUT2D eigenvalue weighted by atomic mass is 19.1. The molecule has 1 amide bonds. The van der Waals surface area contributed by atoms with Crippen molar-refractivity contribution in [3.8, 4) is 5.75 Å². The molecule has 0 radical (unpaired) electrons. The monoisotopic (exact) mass is 368 g/mol. The number of aromatic nitrogens is 1. The summed E-state index contributed by atoms with van der Waals surface area (Å²) in [4.78, 5) is 16.1. The third-order valence-electron chi connectivity index (χ3n) is 3.82. The Morgan fingerprint density at radius 1 is 1.00 bits per heavy atom. The fourth-order valence-electron chi connectivity index (χ4n) is 2.50. The van der Waals surface area contributed by atoms with Gasteiger partial charge in [-0.3, -0.25) is 9.78 Å². The minimum Gasteiger partial charge on any atom is -0.487 e. The summed E-state index contributed by atoms with van der Waals surface area (Å²) < 4.78 is 31.9. The van der Waals surface area contributed by atoms with Gasteiger partial charge in [0.25, 0.3) is 0 Å². The maximum atomic E-state index is 13.1. The van der Waals surface area contributed by atoms with Crippen LogP contribution in [0.2, 0.25) is 0 Å². The molecule has 0 aliphatic heterocycles. The second kappa shape index (κ2) is 8.89. The number of halogens is 2. The number of anilines is 1. The van der Waals surface area contributed by atoms with Crippen LogP contribution in [0, 0.1) is 11.6 Å². The smallest absolute Gasteiger partial charge is 0.224 e. The van der Waals surface area contributed by atoms with E-state index in [-0.39, 0.29) is 18.0 Å². The molecule has 3 aromatic rings. The normalized spacial score (nSPS) is 10.4. The molecule has 1 N–H and O–H groups in total. The third kappa shape index (κ3) is 5.88. The molecule has 0 saturated carbocycles. The van der Waals surface area contributed by atoms with Gasteiger partial charge < -0.3 is 10.1 Å². The topological polar surface area (TPSA) is 51.2 Å². The number of hydrogen-bond acceptors (Lipinski definition) is 3. The van der Waals surface area contributed by atoms with Gasteiger partial charge in [0.05, 0.1) is 5.69 Å². The van der Waals surface area contributed by atoms with Gasteiger partial charge in [0.1, 0.15) is 24.0 Å². The van der Waals surface area contributed by atoms with Crippen molar-refractivity contribution in [3.05, 3.63) is 89.8 Å². The number of benzene rings is 2. The van der Waals surface area contributed by atoms with Gasteiger partial charge >= 0.3 is 0 Å². The van der Waals surface area contributed by atoms with E-state index < -0.39 is 11.6 Å². The predicted octanol–water partition coefficient (Wildman–Crippen LogP) is 4.51. The van der Waals surface area contributed by atoms with Crippen molar-refractivity contribution in [3.63, 3.8) is 0 Å². The van der Waals surface area contributed by atoms with Gasteiger partial charge in [-0.2, -0.15) is 0 Å². The van der Waals surface area contributed by atoms with Gasteiger partial charge in [-0.15, -0.1) is 0 Å². The van der Waals surface area contributed by atoms with Crippen molar-refractivity contribution in [2.75, 3.05) is 5.32 Å². The highest BCUT2D eigenvalue weighted by Gasteiger charge is 2.06. The summed E-state index contributed by atoms with van der Waals surface area (Å²) in [5, 5.41) is 2.49. The van der Waals surface area contributed by atoms with E-state index in [1.54, 1.807) is 6.20 Å². The van der Waals surface area contributed by atoms with Crippen molar-refractivity contribution in [1.29, 1.82) is 0 Å². The molecule has 138 valence electrons. The first-order valence-electron chi connectivity index (χ1n) is 8.46. The van der Waals surface area contributed by atoms with E-state index in [2.05, 4.69) is 10.3 Å². The summed E-state index contributed by atoms with van der Waals surface area (Å²) >= 11 is 0. The Morgan fingerprint density at radius 2 is 1.74 bits per heavy atom. The first-order chi connectivity index (χ1) is 13.1. The molecule has 0 saturated heterocycles. The zero-order valence-electron chi connectivity index (χ0n) is 14.5. The van der Waals surface area contributed by atoms with Crippen molar-refractivity contribution in [2.45, 2.75) is 19.4 Å². The quantitative estimate of drug-likeness (QED) is 0.668. The lowest BCUT2D eigenvalue weighted by Crippen LogP contribution is -2.12. The molecular formula is C21H18F2N2O2. The average molecular weight is 368 g/mol. The second-order valence-electron chi connectivity index (χ2n) is 5.96. The molecule has 1 heterocycles. The van der Waals surface area contributed by atoms with E-state index in [0.29, 0.717) is 18.8 Å². The molecule has 0 bridgehead atoms. The summed E-state index contributed by atoms with van der Waals surface area (Å²) in [5.74, 6) is -1.06. The molecule has 0 unspecified atom stereocenters. The summed E-state index contributed by atoms with van der Waals surface area (Å²) in [6.45, 7) is 0.382. The van der Waals surface area contributed by atoms with Crippen LogP contribution < -0.4 is 10.1 Å². The van der Waals surface area contributed by atoms with E-state index in [0.717, 1.165) is 29.5 Å². The van der Waals surface area contributed by atoms with E-state index in [9.17, 15) is 13.6 Å². The second-order valence-corrected chi connectivity index (χ2v) is 5.96. The van der Waals surface area contributed by atoms with Crippen molar-refractivity contribution < 1.29 is 18.3 Å². The number of ether oxygens (including phenoxy) is 1. The molecule has 1 aromatic heterocycles. The van der Waals surface area contributed by atoms with Gasteiger partial charge in [0, 0.05) is 24.4 Å². The highest BCUT2D eigenvalue weighted by Crippen LogP contribution is 2.16.